The minimum atomic E-state index is 0.715. The van der Waals surface area contributed by atoms with Crippen LogP contribution in [0.4, 0.5) is 0 Å². The molecule has 0 bridgehead atoms. The zero-order valence-corrected chi connectivity index (χ0v) is 10.3. The van der Waals surface area contributed by atoms with E-state index in [0.717, 1.165) is 6.61 Å². The van der Waals surface area contributed by atoms with Gasteiger partial charge in [0, 0.05) is 15.8 Å². The summed E-state index contributed by atoms with van der Waals surface area (Å²) in [6.45, 7) is 3.50. The molecular formula is C11H11BrOS. The van der Waals surface area contributed by atoms with E-state index in [1.54, 1.807) is 11.3 Å². The molecule has 74 valence electrons. The van der Waals surface area contributed by atoms with Crippen LogP contribution in [0, 0.1) is 0 Å². The maximum absolute atomic E-state index is 5.42. The third-order valence-electron chi connectivity index (χ3n) is 2.09. The first-order chi connectivity index (χ1) is 6.83. The molecule has 0 spiro atoms. The number of ether oxygens (including phenoxy) is 1. The fraction of sp³-hybridized carbons (Fsp3) is 0.273. The van der Waals surface area contributed by atoms with Gasteiger partial charge in [0.1, 0.15) is 0 Å². The smallest absolute Gasteiger partial charge is 0.0730 e. The minimum absolute atomic E-state index is 0.715. The van der Waals surface area contributed by atoms with Gasteiger partial charge in [0.15, 0.2) is 0 Å². The third kappa shape index (κ3) is 1.85. The van der Waals surface area contributed by atoms with Crippen LogP contribution in [0.25, 0.3) is 10.1 Å². The fourth-order valence-corrected chi connectivity index (χ4v) is 3.01. The summed E-state index contributed by atoms with van der Waals surface area (Å²) < 4.78 is 7.89. The van der Waals surface area contributed by atoms with Crippen LogP contribution in [0.1, 0.15) is 12.5 Å². The Morgan fingerprint density at radius 2 is 2.29 bits per heavy atom. The van der Waals surface area contributed by atoms with Gasteiger partial charge in [-0.1, -0.05) is 12.1 Å². The summed E-state index contributed by atoms with van der Waals surface area (Å²) in [5.41, 5.74) is 1.29. The number of thiophene rings is 1. The van der Waals surface area contributed by atoms with Crippen LogP contribution in [0.5, 0.6) is 0 Å². The molecule has 0 unspecified atom stereocenters. The molecule has 0 aliphatic heterocycles. The molecule has 1 aromatic heterocycles. The van der Waals surface area contributed by atoms with E-state index in [-0.39, 0.29) is 0 Å². The van der Waals surface area contributed by atoms with Crippen molar-refractivity contribution in [3.05, 3.63) is 33.6 Å². The largest absolute Gasteiger partial charge is 0.377 e. The predicted molar refractivity (Wildman–Crippen MR) is 64.9 cm³/mol. The maximum atomic E-state index is 5.42. The Hall–Kier alpha value is -0.380. The lowest BCUT2D eigenvalue weighted by Crippen LogP contribution is -1.89. The number of hydrogen-bond acceptors (Lipinski definition) is 2. The van der Waals surface area contributed by atoms with Crippen molar-refractivity contribution in [3.63, 3.8) is 0 Å². The standard InChI is InChI=1S/C11H11BrOS/c1-2-13-6-8-7-14-11-9(8)4-3-5-10(11)12/h3-5,7H,2,6H2,1H3. The van der Waals surface area contributed by atoms with Crippen LogP contribution >= 0.6 is 27.3 Å². The summed E-state index contributed by atoms with van der Waals surface area (Å²) in [6, 6.07) is 6.28. The van der Waals surface area contributed by atoms with E-state index in [1.807, 2.05) is 6.92 Å². The molecule has 2 aromatic rings. The molecule has 3 heteroatoms. The second kappa shape index (κ2) is 4.43. The average Bonchev–Trinajstić information content (AvgIpc) is 2.60. The summed E-state index contributed by atoms with van der Waals surface area (Å²) in [4.78, 5) is 0. The van der Waals surface area contributed by atoms with E-state index in [0.29, 0.717) is 6.61 Å². The molecule has 0 N–H and O–H groups in total. The SMILES string of the molecule is CCOCc1csc2c(Br)cccc12. The van der Waals surface area contributed by atoms with Gasteiger partial charge in [-0.2, -0.15) is 0 Å². The Morgan fingerprint density at radius 3 is 3.07 bits per heavy atom. The van der Waals surface area contributed by atoms with Crippen LogP contribution in [-0.4, -0.2) is 6.61 Å². The lowest BCUT2D eigenvalue weighted by molar-refractivity contribution is 0.135. The van der Waals surface area contributed by atoms with Gasteiger partial charge in [-0.3, -0.25) is 0 Å². The van der Waals surface area contributed by atoms with E-state index in [1.165, 1.54) is 20.1 Å². The Bertz CT molecular complexity index is 436. The van der Waals surface area contributed by atoms with Crippen molar-refractivity contribution in [1.82, 2.24) is 0 Å². The molecule has 1 nitrogen and oxygen atoms in total. The highest BCUT2D eigenvalue weighted by Crippen LogP contribution is 2.32. The van der Waals surface area contributed by atoms with E-state index >= 15 is 0 Å². The third-order valence-corrected chi connectivity index (χ3v) is 4.09. The zero-order chi connectivity index (χ0) is 9.97. The van der Waals surface area contributed by atoms with E-state index in [4.69, 9.17) is 4.74 Å². The minimum Gasteiger partial charge on any atom is -0.377 e. The lowest BCUT2D eigenvalue weighted by atomic mass is 10.2. The number of hydrogen-bond donors (Lipinski definition) is 0. The van der Waals surface area contributed by atoms with Crippen molar-refractivity contribution < 1.29 is 4.74 Å². The summed E-state index contributed by atoms with van der Waals surface area (Å²) in [6.07, 6.45) is 0. The van der Waals surface area contributed by atoms with Gasteiger partial charge in [0.05, 0.1) is 6.61 Å². The molecule has 0 aliphatic rings. The van der Waals surface area contributed by atoms with Crippen molar-refractivity contribution in [2.75, 3.05) is 6.61 Å². The van der Waals surface area contributed by atoms with Gasteiger partial charge in [-0.05, 0) is 45.2 Å². The van der Waals surface area contributed by atoms with Crippen LogP contribution in [0.15, 0.2) is 28.1 Å². The van der Waals surface area contributed by atoms with Gasteiger partial charge >= 0.3 is 0 Å². The molecule has 0 fully saturated rings. The molecule has 2 rings (SSSR count). The number of benzene rings is 1. The molecule has 0 saturated heterocycles. The van der Waals surface area contributed by atoms with Crippen LogP contribution in [0.2, 0.25) is 0 Å². The summed E-state index contributed by atoms with van der Waals surface area (Å²) in [5.74, 6) is 0. The van der Waals surface area contributed by atoms with Gasteiger partial charge < -0.3 is 4.74 Å². The van der Waals surface area contributed by atoms with Gasteiger partial charge in [-0.15, -0.1) is 11.3 Å². The zero-order valence-electron chi connectivity index (χ0n) is 7.92. The summed E-state index contributed by atoms with van der Waals surface area (Å²) >= 11 is 5.31. The van der Waals surface area contributed by atoms with E-state index in [2.05, 4.69) is 39.5 Å². The number of halogens is 1. The maximum Gasteiger partial charge on any atom is 0.0730 e. The molecule has 0 aliphatic carbocycles. The van der Waals surface area contributed by atoms with Crippen molar-refractivity contribution in [2.45, 2.75) is 13.5 Å². The molecule has 0 amide bonds. The van der Waals surface area contributed by atoms with Gasteiger partial charge in [-0.25, -0.2) is 0 Å². The van der Waals surface area contributed by atoms with Crippen molar-refractivity contribution >= 4 is 37.4 Å². The van der Waals surface area contributed by atoms with Crippen LogP contribution < -0.4 is 0 Å². The van der Waals surface area contributed by atoms with Gasteiger partial charge in [0.2, 0.25) is 0 Å². The van der Waals surface area contributed by atoms with Crippen molar-refractivity contribution in [3.8, 4) is 0 Å². The van der Waals surface area contributed by atoms with Gasteiger partial charge in [0.25, 0.3) is 0 Å². The van der Waals surface area contributed by atoms with Crippen molar-refractivity contribution in [2.24, 2.45) is 0 Å². The highest BCUT2D eigenvalue weighted by molar-refractivity contribution is 9.10. The molecule has 0 radical (unpaired) electrons. The summed E-state index contributed by atoms with van der Waals surface area (Å²) in [7, 11) is 0. The molecule has 1 aromatic carbocycles. The highest BCUT2D eigenvalue weighted by Gasteiger charge is 2.05. The molecule has 0 saturated carbocycles. The average molecular weight is 271 g/mol. The highest BCUT2D eigenvalue weighted by atomic mass is 79.9. The molecule has 14 heavy (non-hydrogen) atoms. The van der Waals surface area contributed by atoms with Crippen LogP contribution in [-0.2, 0) is 11.3 Å². The first kappa shape index (κ1) is 10.1. The Morgan fingerprint density at radius 1 is 1.43 bits per heavy atom. The molecular weight excluding hydrogens is 260 g/mol. The monoisotopic (exact) mass is 270 g/mol. The molecule has 1 heterocycles. The normalized spacial score (nSPS) is 11.0. The number of fused-ring (bicyclic) bond motifs is 1. The first-order valence-electron chi connectivity index (χ1n) is 4.55. The first-order valence-corrected chi connectivity index (χ1v) is 6.22. The Kier molecular flexibility index (Phi) is 3.21. The predicted octanol–water partition coefficient (Wildman–Crippen LogP) is 4.20. The lowest BCUT2D eigenvalue weighted by Gasteiger charge is -1.99. The topological polar surface area (TPSA) is 9.23 Å². The second-order valence-corrected chi connectivity index (χ2v) is 4.75. The Labute approximate surface area is 95.8 Å². The van der Waals surface area contributed by atoms with Crippen LogP contribution in [0.3, 0.4) is 0 Å². The van der Waals surface area contributed by atoms with E-state index in [9.17, 15) is 0 Å². The fourth-order valence-electron chi connectivity index (χ4n) is 1.40. The second-order valence-electron chi connectivity index (χ2n) is 3.01. The Balaban J connectivity index is 2.42. The quantitative estimate of drug-likeness (QED) is 0.812. The van der Waals surface area contributed by atoms with Crippen molar-refractivity contribution in [1.29, 1.82) is 0 Å². The summed E-state index contributed by atoms with van der Waals surface area (Å²) in [5, 5.41) is 3.48. The number of rotatable bonds is 3. The molecule has 0 atom stereocenters. The van der Waals surface area contributed by atoms with E-state index < -0.39 is 0 Å².